The quantitative estimate of drug-likeness (QED) is 0.0498. The van der Waals surface area contributed by atoms with Gasteiger partial charge in [0.1, 0.15) is 13.2 Å². The minimum Gasteiger partial charge on any atom is -0.466 e. The second kappa shape index (κ2) is 23.4. The van der Waals surface area contributed by atoms with Gasteiger partial charge in [-0.15, -0.1) is 0 Å². The van der Waals surface area contributed by atoms with Crippen molar-refractivity contribution >= 4 is 29.7 Å². The highest BCUT2D eigenvalue weighted by atomic mass is 16.6. The predicted octanol–water partition coefficient (Wildman–Crippen LogP) is 8.06. The van der Waals surface area contributed by atoms with Crippen LogP contribution in [0.2, 0.25) is 0 Å². The van der Waals surface area contributed by atoms with Crippen LogP contribution in [0, 0.1) is 34.5 Å². The summed E-state index contributed by atoms with van der Waals surface area (Å²) in [6, 6.07) is 0. The van der Waals surface area contributed by atoms with E-state index >= 15 is 0 Å². The Balaban J connectivity index is 1.28. The van der Waals surface area contributed by atoms with Crippen molar-refractivity contribution in [2.24, 2.45) is 34.5 Å². The molecule has 11 heteroatoms. The van der Waals surface area contributed by atoms with E-state index in [2.05, 4.69) is 74.1 Å². The lowest BCUT2D eigenvalue weighted by molar-refractivity contribution is -0.201. The first-order valence-electron chi connectivity index (χ1n) is 21.7. The van der Waals surface area contributed by atoms with Gasteiger partial charge in [-0.2, -0.15) is 0 Å². The zero-order valence-corrected chi connectivity index (χ0v) is 36.5. The van der Waals surface area contributed by atoms with Gasteiger partial charge in [-0.25, -0.2) is 14.4 Å². The lowest BCUT2D eigenvalue weighted by atomic mass is 9.45. The lowest BCUT2D eigenvalue weighted by Crippen LogP contribution is -2.62. The van der Waals surface area contributed by atoms with E-state index in [-0.39, 0.29) is 48.7 Å². The first kappa shape index (κ1) is 48.8. The number of allylic oxidation sites excluding steroid dienone is 15. The van der Waals surface area contributed by atoms with Gasteiger partial charge >= 0.3 is 23.9 Å². The van der Waals surface area contributed by atoms with Gasteiger partial charge in [-0.1, -0.05) is 112 Å². The molecule has 11 nitrogen and oxygen atoms in total. The fraction of sp³-hybridized carbons (Fsp3) is 0.540. The largest absolute Gasteiger partial charge is 0.466 e. The molecule has 0 spiro atoms. The summed E-state index contributed by atoms with van der Waals surface area (Å²) in [7, 11) is 1.15. The third kappa shape index (κ3) is 12.8. The highest BCUT2D eigenvalue weighted by Gasteiger charge is 2.69. The number of esters is 4. The van der Waals surface area contributed by atoms with Crippen molar-refractivity contribution in [3.63, 3.8) is 0 Å². The van der Waals surface area contributed by atoms with Gasteiger partial charge in [0.25, 0.3) is 0 Å². The maximum Gasteiger partial charge on any atom is 0.338 e. The molecule has 0 heterocycles. The van der Waals surface area contributed by atoms with Gasteiger partial charge in [-0.05, 0) is 94.1 Å². The van der Waals surface area contributed by atoms with Crippen molar-refractivity contribution in [1.29, 1.82) is 0 Å². The fourth-order valence-corrected chi connectivity index (χ4v) is 9.85. The Labute approximate surface area is 361 Å². The van der Waals surface area contributed by atoms with E-state index in [0.29, 0.717) is 19.3 Å². The molecule has 0 saturated heterocycles. The monoisotopic (exact) mass is 842 g/mol. The number of fused-ring (bicyclic) bond motifs is 5. The summed E-state index contributed by atoms with van der Waals surface area (Å²) < 4.78 is 20.9. The summed E-state index contributed by atoms with van der Waals surface area (Å²) in [5, 5.41) is 23.9. The standard InChI is InChI=1S/C50H66O11/c1-6-7-8-9-10-11-12-13-14-15-16-17-18-19-20-21-22-23-24-44(54)59-34-38(61-45(55)26-25-43(53)58-5)35-60-47(56)50(57)30-28-40-39-31-36(2)41-32-37(51)27-29-48(41,3)46(39)42(52)33-49(40,50)4/h7-8,10-11,13-14,16-17,19-20,22-23,25-27,29,32,36,38-40,42,46,52,57H,6,9,12,15,18,21,24,28,30-31,33-35H2,1-5H3/b8-7-,11-10-,14-13-,17-16-,20-19-,23-22-,26-25+/t36-,38?,39-,40-,42-,46+,48-,49-,50-/m0/s1. The van der Waals surface area contributed by atoms with Gasteiger partial charge in [0, 0.05) is 28.9 Å². The molecule has 3 fully saturated rings. The zero-order chi connectivity index (χ0) is 44.5. The normalized spacial score (nSPS) is 30.4. The van der Waals surface area contributed by atoms with Crippen molar-refractivity contribution in [2.75, 3.05) is 20.3 Å². The van der Waals surface area contributed by atoms with Crippen LogP contribution in [0.15, 0.2) is 109 Å². The minimum atomic E-state index is -1.95. The molecule has 0 aliphatic heterocycles. The topological polar surface area (TPSA) is 163 Å². The molecule has 4 aliphatic carbocycles. The van der Waals surface area contributed by atoms with E-state index < -0.39 is 65.7 Å². The zero-order valence-electron chi connectivity index (χ0n) is 36.5. The fourth-order valence-electron chi connectivity index (χ4n) is 9.85. The molecule has 0 aromatic carbocycles. The lowest BCUT2D eigenvalue weighted by Gasteiger charge is -2.60. The predicted molar refractivity (Wildman–Crippen MR) is 233 cm³/mol. The summed E-state index contributed by atoms with van der Waals surface area (Å²) in [6.07, 6.45) is 36.2. The van der Waals surface area contributed by atoms with Crippen LogP contribution in [0.25, 0.3) is 0 Å². The summed E-state index contributed by atoms with van der Waals surface area (Å²) in [6.45, 7) is 7.11. The smallest absolute Gasteiger partial charge is 0.338 e. The Morgan fingerprint density at radius 1 is 0.836 bits per heavy atom. The first-order chi connectivity index (χ1) is 29.2. The maximum absolute atomic E-state index is 13.9. The SMILES string of the molecule is CC/C=C\C/C=C\C/C=C\C/C=C\C/C=C\C/C=C\CC(=O)OCC(COC(=O)[C@@]1(O)CC[C@H]2[C@@H]3C[C@H](C)C4=CC(=O)C=C[C@]4(C)[C@H]3[C@@H](O)C[C@@]21C)OC(=O)/C=C/C(=O)OC. The van der Waals surface area contributed by atoms with E-state index in [4.69, 9.17) is 14.2 Å². The second-order valence-corrected chi connectivity index (χ2v) is 17.0. The summed E-state index contributed by atoms with van der Waals surface area (Å²) in [5.41, 5.74) is -2.50. The Morgan fingerprint density at radius 2 is 1.39 bits per heavy atom. The minimum absolute atomic E-state index is 0.0264. The van der Waals surface area contributed by atoms with E-state index in [0.717, 1.165) is 56.9 Å². The van der Waals surface area contributed by atoms with E-state index in [9.17, 15) is 34.2 Å². The number of rotatable bonds is 21. The third-order valence-electron chi connectivity index (χ3n) is 12.9. The first-order valence-corrected chi connectivity index (χ1v) is 21.7. The number of hydrogen-bond donors (Lipinski definition) is 2. The molecule has 61 heavy (non-hydrogen) atoms. The summed E-state index contributed by atoms with van der Waals surface area (Å²) in [5.74, 6) is -3.59. The maximum atomic E-state index is 13.9. The van der Waals surface area contributed by atoms with Crippen molar-refractivity contribution in [1.82, 2.24) is 0 Å². The number of aliphatic hydroxyl groups excluding tert-OH is 1. The molecule has 4 aliphatic rings. The van der Waals surface area contributed by atoms with E-state index in [1.54, 1.807) is 18.2 Å². The number of carbonyl (C=O) groups is 5. The summed E-state index contributed by atoms with van der Waals surface area (Å²) in [4.78, 5) is 63.0. The molecule has 0 amide bonds. The van der Waals surface area contributed by atoms with Crippen LogP contribution in [0.1, 0.15) is 98.3 Å². The number of aliphatic hydroxyl groups is 2. The molecule has 0 aromatic heterocycles. The Hall–Kier alpha value is -4.87. The molecule has 0 radical (unpaired) electrons. The van der Waals surface area contributed by atoms with Crippen molar-refractivity contribution in [3.8, 4) is 0 Å². The van der Waals surface area contributed by atoms with Crippen LogP contribution >= 0.6 is 0 Å². The van der Waals surface area contributed by atoms with E-state index in [1.807, 2.05) is 31.2 Å². The van der Waals surface area contributed by atoms with Gasteiger partial charge in [0.2, 0.25) is 0 Å². The molecule has 3 saturated carbocycles. The molecular formula is C50H66O11. The molecule has 2 N–H and O–H groups in total. The van der Waals surface area contributed by atoms with Crippen LogP contribution < -0.4 is 0 Å². The molecule has 332 valence electrons. The van der Waals surface area contributed by atoms with Crippen LogP contribution in [0.3, 0.4) is 0 Å². The van der Waals surface area contributed by atoms with Crippen molar-refractivity contribution in [3.05, 3.63) is 109 Å². The number of methoxy groups -OCH3 is 1. The van der Waals surface area contributed by atoms with Gasteiger partial charge in [-0.3, -0.25) is 9.59 Å². The van der Waals surface area contributed by atoms with Crippen LogP contribution in [0.4, 0.5) is 0 Å². The molecule has 1 unspecified atom stereocenters. The van der Waals surface area contributed by atoms with Crippen LogP contribution in [0.5, 0.6) is 0 Å². The number of hydrogen-bond acceptors (Lipinski definition) is 11. The molecule has 0 aromatic rings. The molecule has 9 atom stereocenters. The van der Waals surface area contributed by atoms with Crippen molar-refractivity contribution < 1.29 is 53.1 Å². The number of carbonyl (C=O) groups excluding carboxylic acids is 5. The molecule has 0 bridgehead atoms. The molecule has 4 rings (SSSR count). The van der Waals surface area contributed by atoms with Crippen molar-refractivity contribution in [2.45, 2.75) is 116 Å². The Morgan fingerprint density at radius 3 is 1.98 bits per heavy atom. The Kier molecular flexibility index (Phi) is 18.7. The average molecular weight is 843 g/mol. The average Bonchev–Trinajstić information content (AvgIpc) is 3.50. The summed E-state index contributed by atoms with van der Waals surface area (Å²) >= 11 is 0. The van der Waals surface area contributed by atoms with Crippen LogP contribution in [-0.2, 0) is 42.9 Å². The van der Waals surface area contributed by atoms with Gasteiger partial charge in [0.15, 0.2) is 17.5 Å². The number of ketones is 1. The second-order valence-electron chi connectivity index (χ2n) is 17.0. The van der Waals surface area contributed by atoms with Crippen LogP contribution in [-0.4, -0.2) is 78.0 Å². The van der Waals surface area contributed by atoms with Gasteiger partial charge < -0.3 is 29.2 Å². The Bertz CT molecular complexity index is 1830. The van der Waals surface area contributed by atoms with E-state index in [1.165, 1.54) is 0 Å². The third-order valence-corrected chi connectivity index (χ3v) is 12.9. The highest BCUT2D eigenvalue weighted by Crippen LogP contribution is 2.67. The number of ether oxygens (including phenoxy) is 4. The molecular weight excluding hydrogens is 777 g/mol. The van der Waals surface area contributed by atoms with Gasteiger partial charge in [0.05, 0.1) is 19.6 Å². The highest BCUT2D eigenvalue weighted by molar-refractivity contribution is 6.01.